The summed E-state index contributed by atoms with van der Waals surface area (Å²) in [6.45, 7) is 4.01. The zero-order valence-electron chi connectivity index (χ0n) is 10.7. The maximum atomic E-state index is 13.2. The lowest BCUT2D eigenvalue weighted by Crippen LogP contribution is -2.14. The molecular weight excluding hydrogens is 311 g/mol. The van der Waals surface area contributed by atoms with Gasteiger partial charge in [-0.15, -0.1) is 0 Å². The van der Waals surface area contributed by atoms with Gasteiger partial charge in [0.1, 0.15) is 5.82 Å². The molecule has 0 saturated heterocycles. The molecule has 5 heteroatoms. The molecule has 0 atom stereocenters. The van der Waals surface area contributed by atoms with Crippen molar-refractivity contribution in [1.29, 1.82) is 0 Å². The second-order valence-corrected chi connectivity index (χ2v) is 5.06. The van der Waals surface area contributed by atoms with Gasteiger partial charge >= 0.3 is 0 Å². The van der Waals surface area contributed by atoms with Crippen LogP contribution in [0.1, 0.15) is 19.2 Å². The molecule has 2 aromatic rings. The lowest BCUT2D eigenvalue weighted by Gasteiger charge is -2.00. The summed E-state index contributed by atoms with van der Waals surface area (Å²) in [5.41, 5.74) is 0.818. The second-order valence-electron chi connectivity index (χ2n) is 4.20. The average molecular weight is 327 g/mol. The van der Waals surface area contributed by atoms with Crippen molar-refractivity contribution in [1.82, 2.24) is 10.3 Å². The Morgan fingerprint density at radius 2 is 2.26 bits per heavy atom. The van der Waals surface area contributed by atoms with E-state index in [9.17, 15) is 4.39 Å². The van der Waals surface area contributed by atoms with E-state index in [4.69, 9.17) is 4.42 Å². The number of nitrogens with zero attached hydrogens (tertiary/aromatic N) is 1. The van der Waals surface area contributed by atoms with Crippen LogP contribution in [0.15, 0.2) is 33.3 Å². The fourth-order valence-corrected chi connectivity index (χ4v) is 2.13. The van der Waals surface area contributed by atoms with Gasteiger partial charge in [-0.25, -0.2) is 9.37 Å². The summed E-state index contributed by atoms with van der Waals surface area (Å²) in [5, 5.41) is 3.25. The molecule has 0 amide bonds. The average Bonchev–Trinajstić information content (AvgIpc) is 2.87. The molecule has 0 saturated carbocycles. The molecule has 0 fully saturated rings. The second kappa shape index (κ2) is 6.82. The van der Waals surface area contributed by atoms with Crippen molar-refractivity contribution < 1.29 is 8.81 Å². The predicted octanol–water partition coefficient (Wildman–Crippen LogP) is 3.79. The monoisotopic (exact) mass is 326 g/mol. The van der Waals surface area contributed by atoms with E-state index in [1.807, 2.05) is 0 Å². The van der Waals surface area contributed by atoms with E-state index in [2.05, 4.69) is 33.2 Å². The Kier molecular flexibility index (Phi) is 5.10. The Balaban J connectivity index is 2.01. The summed E-state index contributed by atoms with van der Waals surface area (Å²) in [6, 6.07) is 4.79. The van der Waals surface area contributed by atoms with Crippen molar-refractivity contribution in [2.24, 2.45) is 0 Å². The molecule has 1 aromatic heterocycles. The molecule has 0 radical (unpaired) electrons. The number of hydrogen-bond acceptors (Lipinski definition) is 3. The van der Waals surface area contributed by atoms with Crippen LogP contribution in [-0.2, 0) is 6.42 Å². The number of hydrogen-bond donors (Lipinski definition) is 1. The predicted molar refractivity (Wildman–Crippen MR) is 76.5 cm³/mol. The molecule has 0 aliphatic rings. The maximum Gasteiger partial charge on any atom is 0.194 e. The number of rotatable bonds is 6. The summed E-state index contributed by atoms with van der Waals surface area (Å²) < 4.78 is 19.2. The molecule has 0 spiro atoms. The zero-order chi connectivity index (χ0) is 13.7. The molecular formula is C14H16BrFN2O. The van der Waals surface area contributed by atoms with Gasteiger partial charge in [-0.2, -0.15) is 0 Å². The Bertz CT molecular complexity index is 542. The zero-order valence-corrected chi connectivity index (χ0v) is 12.3. The Morgan fingerprint density at radius 3 is 3.00 bits per heavy atom. The normalized spacial score (nSPS) is 10.9. The van der Waals surface area contributed by atoms with Crippen LogP contribution in [0.2, 0.25) is 0 Å². The third kappa shape index (κ3) is 3.88. The molecule has 19 heavy (non-hydrogen) atoms. The number of nitrogens with one attached hydrogen (secondary N) is 1. The van der Waals surface area contributed by atoms with E-state index < -0.39 is 0 Å². The van der Waals surface area contributed by atoms with Crippen LogP contribution in [-0.4, -0.2) is 18.1 Å². The maximum absolute atomic E-state index is 13.2. The van der Waals surface area contributed by atoms with Crippen molar-refractivity contribution >= 4 is 15.9 Å². The smallest absolute Gasteiger partial charge is 0.194 e. The number of aromatic nitrogens is 1. The van der Waals surface area contributed by atoms with Crippen LogP contribution in [0.4, 0.5) is 4.39 Å². The van der Waals surface area contributed by atoms with Crippen LogP contribution in [0, 0.1) is 5.82 Å². The lowest BCUT2D eigenvalue weighted by atomic mass is 10.2. The van der Waals surface area contributed by atoms with Crippen molar-refractivity contribution in [3.05, 3.63) is 40.6 Å². The van der Waals surface area contributed by atoms with Crippen LogP contribution in [0.3, 0.4) is 0 Å². The van der Waals surface area contributed by atoms with Gasteiger partial charge in [0.15, 0.2) is 11.7 Å². The summed E-state index contributed by atoms with van der Waals surface area (Å²) in [4.78, 5) is 4.24. The summed E-state index contributed by atoms with van der Waals surface area (Å²) in [7, 11) is 0. The Hall–Kier alpha value is -1.20. The fourth-order valence-electron chi connectivity index (χ4n) is 1.75. The van der Waals surface area contributed by atoms with Gasteiger partial charge in [0.25, 0.3) is 0 Å². The van der Waals surface area contributed by atoms with E-state index in [0.717, 1.165) is 31.5 Å². The van der Waals surface area contributed by atoms with Crippen molar-refractivity contribution in [2.75, 3.05) is 13.1 Å². The lowest BCUT2D eigenvalue weighted by molar-refractivity contribution is 0.493. The van der Waals surface area contributed by atoms with E-state index in [1.165, 1.54) is 6.07 Å². The Labute approximate surface area is 120 Å². The first-order valence-corrected chi connectivity index (χ1v) is 7.11. The fraction of sp³-hybridized carbons (Fsp3) is 0.357. The third-order valence-electron chi connectivity index (χ3n) is 2.75. The number of halogens is 2. The van der Waals surface area contributed by atoms with Crippen LogP contribution >= 0.6 is 15.9 Å². The highest BCUT2D eigenvalue weighted by molar-refractivity contribution is 9.10. The van der Waals surface area contributed by atoms with E-state index in [1.54, 1.807) is 18.3 Å². The SMILES string of the molecule is CCNCCCc1ncc(-c2ccc(F)c(Br)c2)o1. The van der Waals surface area contributed by atoms with E-state index in [0.29, 0.717) is 16.1 Å². The van der Waals surface area contributed by atoms with Crippen molar-refractivity contribution in [3.63, 3.8) is 0 Å². The van der Waals surface area contributed by atoms with Crippen LogP contribution in [0.25, 0.3) is 11.3 Å². The largest absolute Gasteiger partial charge is 0.441 e. The van der Waals surface area contributed by atoms with Crippen LogP contribution in [0.5, 0.6) is 0 Å². The molecule has 0 unspecified atom stereocenters. The molecule has 102 valence electrons. The van der Waals surface area contributed by atoms with Gasteiger partial charge in [0, 0.05) is 12.0 Å². The molecule has 2 rings (SSSR count). The first-order chi connectivity index (χ1) is 9.20. The summed E-state index contributed by atoms with van der Waals surface area (Å²) >= 11 is 3.16. The summed E-state index contributed by atoms with van der Waals surface area (Å²) in [6.07, 6.45) is 3.47. The Morgan fingerprint density at radius 1 is 1.42 bits per heavy atom. The summed E-state index contributed by atoms with van der Waals surface area (Å²) in [5.74, 6) is 1.10. The topological polar surface area (TPSA) is 38.1 Å². The van der Waals surface area contributed by atoms with Gasteiger partial charge in [-0.05, 0) is 53.6 Å². The molecule has 1 heterocycles. The first kappa shape index (κ1) is 14.2. The quantitative estimate of drug-likeness (QED) is 0.821. The number of oxazole rings is 1. The minimum atomic E-state index is -0.283. The minimum Gasteiger partial charge on any atom is -0.441 e. The highest BCUT2D eigenvalue weighted by atomic mass is 79.9. The molecule has 1 N–H and O–H groups in total. The standard InChI is InChI=1S/C14H16BrFN2O/c1-2-17-7-3-4-14-18-9-13(19-14)10-5-6-12(16)11(15)8-10/h5-6,8-9,17H,2-4,7H2,1H3. The highest BCUT2D eigenvalue weighted by Gasteiger charge is 2.08. The molecule has 3 nitrogen and oxygen atoms in total. The third-order valence-corrected chi connectivity index (χ3v) is 3.36. The molecule has 0 bridgehead atoms. The number of benzene rings is 1. The van der Waals surface area contributed by atoms with Gasteiger partial charge < -0.3 is 9.73 Å². The van der Waals surface area contributed by atoms with Gasteiger partial charge in [-0.3, -0.25) is 0 Å². The molecule has 0 aliphatic carbocycles. The first-order valence-electron chi connectivity index (χ1n) is 6.31. The van der Waals surface area contributed by atoms with E-state index >= 15 is 0 Å². The molecule has 0 aliphatic heterocycles. The van der Waals surface area contributed by atoms with E-state index in [-0.39, 0.29) is 5.82 Å². The minimum absolute atomic E-state index is 0.283. The van der Waals surface area contributed by atoms with Crippen molar-refractivity contribution in [2.45, 2.75) is 19.8 Å². The van der Waals surface area contributed by atoms with Gasteiger partial charge in [-0.1, -0.05) is 6.92 Å². The molecule has 1 aromatic carbocycles. The van der Waals surface area contributed by atoms with Gasteiger partial charge in [0.2, 0.25) is 0 Å². The van der Waals surface area contributed by atoms with Crippen molar-refractivity contribution in [3.8, 4) is 11.3 Å². The highest BCUT2D eigenvalue weighted by Crippen LogP contribution is 2.25. The van der Waals surface area contributed by atoms with Gasteiger partial charge in [0.05, 0.1) is 10.7 Å². The van der Waals surface area contributed by atoms with Crippen LogP contribution < -0.4 is 5.32 Å². The number of aryl methyl sites for hydroxylation is 1.